The van der Waals surface area contributed by atoms with E-state index >= 15 is 0 Å². The number of H-pyrrole nitrogens is 1. The Hall–Kier alpha value is -1.54. The van der Waals surface area contributed by atoms with E-state index in [0.717, 1.165) is 6.07 Å². The van der Waals surface area contributed by atoms with E-state index in [1.165, 1.54) is 0 Å². The number of nitrogens with zero attached hydrogens (tertiary/aromatic N) is 1. The van der Waals surface area contributed by atoms with Crippen LogP contribution in [-0.2, 0) is 11.1 Å². The summed E-state index contributed by atoms with van der Waals surface area (Å²) in [7, 11) is 0. The lowest BCUT2D eigenvalue weighted by Crippen LogP contribution is -2.20. The average molecular weight is 203 g/mol. The molecule has 0 radical (unpaired) electrons. The van der Waals surface area contributed by atoms with Gasteiger partial charge in [0.05, 0.1) is 0 Å². The summed E-state index contributed by atoms with van der Waals surface area (Å²) < 4.78 is 19.0. The largest absolute Gasteiger partial charge is 0.364 e. The van der Waals surface area contributed by atoms with Gasteiger partial charge in [-0.25, -0.2) is 9.19 Å². The predicted octanol–water partition coefficient (Wildman–Crippen LogP) is -1.55. The van der Waals surface area contributed by atoms with E-state index in [2.05, 4.69) is 4.98 Å². The highest BCUT2D eigenvalue weighted by atomic mass is 32.2. The highest BCUT2D eigenvalue weighted by Crippen LogP contribution is 1.94. The Kier molecular flexibility index (Phi) is 2.54. The second-order valence-electron chi connectivity index (χ2n) is 2.05. The normalized spacial score (nSPS) is 12.4. The van der Waals surface area contributed by atoms with E-state index in [1.54, 1.807) is 0 Å². The molecule has 0 bridgehead atoms. The summed E-state index contributed by atoms with van der Waals surface area (Å²) >= 11 is -2.44. The molecular formula is C5H5N3O4S. The van der Waals surface area contributed by atoms with Crippen molar-refractivity contribution in [3.8, 4) is 0 Å². The molecule has 4 N–H and O–H groups in total. The van der Waals surface area contributed by atoms with Gasteiger partial charge in [-0.1, -0.05) is 0 Å². The first kappa shape index (κ1) is 9.55. The molecule has 0 aromatic carbocycles. The average Bonchev–Trinajstić information content (AvgIpc) is 2.03. The molecule has 0 fully saturated rings. The van der Waals surface area contributed by atoms with Crippen molar-refractivity contribution < 1.29 is 13.6 Å². The Bertz CT molecular complexity index is 391. The fourth-order valence-corrected chi connectivity index (χ4v) is 1.01. The predicted molar refractivity (Wildman–Crippen MR) is 42.4 cm³/mol. The molecule has 0 aliphatic carbocycles. The molecule has 1 rings (SSSR count). The summed E-state index contributed by atoms with van der Waals surface area (Å²) in [5.41, 5.74) is 3.76. The molecule has 1 atom stereocenters. The van der Waals surface area contributed by atoms with Gasteiger partial charge in [-0.2, -0.15) is 0 Å². The van der Waals surface area contributed by atoms with Crippen LogP contribution in [0, 0.1) is 0 Å². The second kappa shape index (κ2) is 3.46. The lowest BCUT2D eigenvalue weighted by atomic mass is 10.4. The number of carbonyl (C=O) groups is 1. The second-order valence-corrected chi connectivity index (χ2v) is 2.93. The Morgan fingerprint density at radius 1 is 1.69 bits per heavy atom. The number of amides is 1. The number of hydrogen-bond acceptors (Lipinski definition) is 4. The SMILES string of the molecule is NC(=O)c1cc(=O)[nH]c(S(=O)O)n1. The molecule has 0 saturated carbocycles. The maximum absolute atomic E-state index is 10.8. The molecule has 1 aromatic rings. The zero-order chi connectivity index (χ0) is 10.0. The van der Waals surface area contributed by atoms with Crippen LogP contribution >= 0.6 is 0 Å². The van der Waals surface area contributed by atoms with Crippen LogP contribution in [0.3, 0.4) is 0 Å². The molecule has 8 heteroatoms. The van der Waals surface area contributed by atoms with Crippen molar-refractivity contribution in [3.63, 3.8) is 0 Å². The molecule has 13 heavy (non-hydrogen) atoms. The molecule has 70 valence electrons. The highest BCUT2D eigenvalue weighted by Gasteiger charge is 2.09. The van der Waals surface area contributed by atoms with Crippen molar-refractivity contribution in [1.82, 2.24) is 9.97 Å². The maximum Gasteiger partial charge on any atom is 0.267 e. The van der Waals surface area contributed by atoms with Crippen LogP contribution in [0.4, 0.5) is 0 Å². The molecule has 0 saturated heterocycles. The summed E-state index contributed by atoms with van der Waals surface area (Å²) in [4.78, 5) is 26.7. The van der Waals surface area contributed by atoms with Crippen LogP contribution < -0.4 is 11.3 Å². The molecule has 7 nitrogen and oxygen atoms in total. The molecule has 1 aromatic heterocycles. The van der Waals surface area contributed by atoms with Crippen molar-refractivity contribution in [3.05, 3.63) is 22.1 Å². The van der Waals surface area contributed by atoms with Gasteiger partial charge >= 0.3 is 0 Å². The Balaban J connectivity index is 3.35. The number of hydrogen-bond donors (Lipinski definition) is 3. The molecule has 0 aliphatic rings. The van der Waals surface area contributed by atoms with Crippen molar-refractivity contribution in [2.45, 2.75) is 5.16 Å². The minimum absolute atomic E-state index is 0.346. The summed E-state index contributed by atoms with van der Waals surface area (Å²) in [6, 6.07) is 0.846. The third-order valence-electron chi connectivity index (χ3n) is 1.14. The van der Waals surface area contributed by atoms with Crippen LogP contribution in [0.1, 0.15) is 10.5 Å². The summed E-state index contributed by atoms with van der Waals surface area (Å²) in [5, 5.41) is -0.499. The molecule has 1 heterocycles. The van der Waals surface area contributed by atoms with E-state index < -0.39 is 27.7 Å². The van der Waals surface area contributed by atoms with Crippen molar-refractivity contribution in [2.24, 2.45) is 5.73 Å². The molecule has 0 spiro atoms. The summed E-state index contributed by atoms with van der Waals surface area (Å²) in [5.74, 6) is -0.933. The van der Waals surface area contributed by atoms with Crippen molar-refractivity contribution in [2.75, 3.05) is 0 Å². The monoisotopic (exact) mass is 203 g/mol. The van der Waals surface area contributed by atoms with Gasteiger partial charge in [0.1, 0.15) is 5.69 Å². The number of nitrogens with one attached hydrogen (secondary N) is 1. The van der Waals surface area contributed by atoms with Crippen molar-refractivity contribution in [1.29, 1.82) is 0 Å². The van der Waals surface area contributed by atoms with Crippen LogP contribution in [-0.4, -0.2) is 24.6 Å². The van der Waals surface area contributed by atoms with Crippen LogP contribution in [0.2, 0.25) is 0 Å². The number of aromatic amines is 1. The standard InChI is InChI=1S/C5H5N3O4S/c6-4(10)2-1-3(9)8-5(7-2)13(11)12/h1H,(H2,6,10)(H,11,12)(H,7,8,9). The first-order chi connectivity index (χ1) is 6.00. The Labute approximate surface area is 74.3 Å². The zero-order valence-electron chi connectivity index (χ0n) is 6.18. The summed E-state index contributed by atoms with van der Waals surface area (Å²) in [6.45, 7) is 0. The number of rotatable bonds is 2. The number of nitrogens with two attached hydrogens (primary N) is 1. The van der Waals surface area contributed by atoms with Gasteiger partial charge in [-0.3, -0.25) is 19.1 Å². The number of primary amides is 1. The van der Waals surface area contributed by atoms with E-state index in [1.807, 2.05) is 4.98 Å². The molecular weight excluding hydrogens is 198 g/mol. The van der Waals surface area contributed by atoms with Crippen LogP contribution in [0.5, 0.6) is 0 Å². The topological polar surface area (TPSA) is 126 Å². The smallest absolute Gasteiger partial charge is 0.267 e. The number of aromatic nitrogens is 2. The van der Waals surface area contributed by atoms with E-state index in [0.29, 0.717) is 0 Å². The van der Waals surface area contributed by atoms with E-state index in [-0.39, 0.29) is 5.69 Å². The molecule has 0 aliphatic heterocycles. The van der Waals surface area contributed by atoms with Gasteiger partial charge in [0.25, 0.3) is 11.5 Å². The fraction of sp³-hybridized carbons (Fsp3) is 0. The zero-order valence-corrected chi connectivity index (χ0v) is 7.00. The summed E-state index contributed by atoms with van der Waals surface area (Å²) in [6.07, 6.45) is 0. The minimum atomic E-state index is -2.44. The van der Waals surface area contributed by atoms with E-state index in [4.69, 9.17) is 10.3 Å². The molecule has 1 amide bonds. The first-order valence-corrected chi connectivity index (χ1v) is 4.13. The Morgan fingerprint density at radius 3 is 2.77 bits per heavy atom. The van der Waals surface area contributed by atoms with Gasteiger partial charge in [0.2, 0.25) is 16.2 Å². The van der Waals surface area contributed by atoms with Gasteiger partial charge in [-0.15, -0.1) is 0 Å². The van der Waals surface area contributed by atoms with Gasteiger partial charge in [0.15, 0.2) is 0 Å². The van der Waals surface area contributed by atoms with Gasteiger partial charge < -0.3 is 5.73 Å². The van der Waals surface area contributed by atoms with E-state index in [9.17, 15) is 13.8 Å². The van der Waals surface area contributed by atoms with Crippen LogP contribution in [0.15, 0.2) is 16.0 Å². The lowest BCUT2D eigenvalue weighted by Gasteiger charge is -1.95. The number of carbonyl (C=O) groups excluding carboxylic acids is 1. The minimum Gasteiger partial charge on any atom is -0.364 e. The maximum atomic E-state index is 10.8. The Morgan fingerprint density at radius 2 is 2.31 bits per heavy atom. The molecule has 1 unspecified atom stereocenters. The third kappa shape index (κ3) is 2.20. The quantitative estimate of drug-likeness (QED) is 0.396. The highest BCUT2D eigenvalue weighted by molar-refractivity contribution is 7.79. The first-order valence-electron chi connectivity index (χ1n) is 3.02. The fourth-order valence-electron chi connectivity index (χ4n) is 0.644. The third-order valence-corrected chi connectivity index (χ3v) is 1.66. The van der Waals surface area contributed by atoms with Gasteiger partial charge in [0, 0.05) is 6.07 Å². The van der Waals surface area contributed by atoms with Crippen LogP contribution in [0.25, 0.3) is 0 Å². The van der Waals surface area contributed by atoms with Crippen molar-refractivity contribution >= 4 is 17.0 Å². The lowest BCUT2D eigenvalue weighted by molar-refractivity contribution is 0.0994. The van der Waals surface area contributed by atoms with Gasteiger partial charge in [-0.05, 0) is 0 Å².